The Morgan fingerprint density at radius 1 is 1.21 bits per heavy atom. The number of Topliss-reactive ketones (excluding diaryl/α,β-unsaturated/α-hetero) is 1. The third kappa shape index (κ3) is 4.45. The molecule has 1 aromatic rings. The van der Waals surface area contributed by atoms with E-state index in [1.165, 1.54) is 0 Å². The van der Waals surface area contributed by atoms with Crippen LogP contribution < -0.4 is 5.56 Å². The Morgan fingerprint density at radius 2 is 1.88 bits per heavy atom. The van der Waals surface area contributed by atoms with E-state index in [2.05, 4.69) is 4.90 Å². The van der Waals surface area contributed by atoms with Gasteiger partial charge in [0.1, 0.15) is 5.69 Å². The van der Waals surface area contributed by atoms with Crippen LogP contribution in [0.1, 0.15) is 35.8 Å². The van der Waals surface area contributed by atoms with E-state index in [-0.39, 0.29) is 18.5 Å². The SMILES string of the molecule is CCC(=O)c1ccc(C(F)(F)F)n(CCCN2CCOCC2)c1=O. The monoisotopic (exact) mass is 346 g/mol. The van der Waals surface area contributed by atoms with Crippen molar-refractivity contribution in [1.82, 2.24) is 9.47 Å². The quantitative estimate of drug-likeness (QED) is 0.741. The van der Waals surface area contributed by atoms with Crippen LogP contribution in [0.25, 0.3) is 0 Å². The Bertz CT molecular complexity index is 634. The molecule has 0 saturated carbocycles. The number of pyridine rings is 1. The first-order valence-electron chi connectivity index (χ1n) is 7.99. The van der Waals surface area contributed by atoms with Crippen LogP contribution in [0.3, 0.4) is 0 Å². The zero-order valence-electron chi connectivity index (χ0n) is 13.6. The maximum absolute atomic E-state index is 13.2. The molecule has 0 N–H and O–H groups in total. The number of carbonyl (C=O) groups excluding carboxylic acids is 1. The predicted octanol–water partition coefficient (Wildman–Crippen LogP) is 2.18. The van der Waals surface area contributed by atoms with Crippen molar-refractivity contribution in [2.24, 2.45) is 0 Å². The Hall–Kier alpha value is -1.67. The van der Waals surface area contributed by atoms with Crippen molar-refractivity contribution in [3.63, 3.8) is 0 Å². The van der Waals surface area contributed by atoms with Gasteiger partial charge in [-0.1, -0.05) is 6.92 Å². The highest BCUT2D eigenvalue weighted by Gasteiger charge is 2.35. The molecule has 8 heteroatoms. The van der Waals surface area contributed by atoms with Crippen LogP contribution in [0, 0.1) is 0 Å². The lowest BCUT2D eigenvalue weighted by Gasteiger charge is -2.26. The summed E-state index contributed by atoms with van der Waals surface area (Å²) in [4.78, 5) is 26.2. The topological polar surface area (TPSA) is 51.5 Å². The standard InChI is InChI=1S/C16H21F3N2O3/c1-2-13(22)12-4-5-14(16(17,18)19)21(15(12)23)7-3-6-20-8-10-24-11-9-20/h4-5H,2-3,6-11H2,1H3. The second-order valence-electron chi connectivity index (χ2n) is 5.67. The third-order valence-corrected chi connectivity index (χ3v) is 4.05. The summed E-state index contributed by atoms with van der Waals surface area (Å²) in [6.45, 7) is 4.75. The van der Waals surface area contributed by atoms with Crippen LogP contribution in [0.15, 0.2) is 16.9 Å². The molecule has 1 aromatic heterocycles. The summed E-state index contributed by atoms with van der Waals surface area (Å²) in [5.41, 5.74) is -2.06. The molecule has 0 aromatic carbocycles. The fraction of sp³-hybridized carbons (Fsp3) is 0.625. The number of hydrogen-bond donors (Lipinski definition) is 0. The van der Waals surface area contributed by atoms with Crippen molar-refractivity contribution >= 4 is 5.78 Å². The first kappa shape index (κ1) is 18.7. The average Bonchev–Trinajstić information content (AvgIpc) is 2.55. The first-order valence-corrected chi connectivity index (χ1v) is 7.99. The highest BCUT2D eigenvalue weighted by atomic mass is 19.4. The average molecular weight is 346 g/mol. The molecule has 0 amide bonds. The minimum atomic E-state index is -4.63. The minimum absolute atomic E-state index is 0.0735. The molecule has 5 nitrogen and oxygen atoms in total. The van der Waals surface area contributed by atoms with Gasteiger partial charge in [0.25, 0.3) is 5.56 Å². The summed E-state index contributed by atoms with van der Waals surface area (Å²) in [7, 11) is 0. The van der Waals surface area contributed by atoms with E-state index in [4.69, 9.17) is 4.74 Å². The number of ketones is 1. The summed E-state index contributed by atoms with van der Waals surface area (Å²) < 4.78 is 45.4. The smallest absolute Gasteiger partial charge is 0.379 e. The van der Waals surface area contributed by atoms with Gasteiger partial charge in [0.15, 0.2) is 5.78 Å². The van der Waals surface area contributed by atoms with E-state index in [0.29, 0.717) is 30.7 Å². The molecule has 0 atom stereocenters. The number of carbonyl (C=O) groups is 1. The molecular weight excluding hydrogens is 325 g/mol. The molecular formula is C16H21F3N2O3. The van der Waals surface area contributed by atoms with Gasteiger partial charge in [0, 0.05) is 32.6 Å². The summed E-state index contributed by atoms with van der Waals surface area (Å²) in [6.07, 6.45) is -4.16. The van der Waals surface area contributed by atoms with E-state index in [1.54, 1.807) is 6.92 Å². The third-order valence-electron chi connectivity index (χ3n) is 4.05. The van der Waals surface area contributed by atoms with Crippen molar-refractivity contribution in [3.05, 3.63) is 33.7 Å². The van der Waals surface area contributed by atoms with Crippen LogP contribution in [0.4, 0.5) is 13.2 Å². The summed E-state index contributed by atoms with van der Waals surface area (Å²) >= 11 is 0. The van der Waals surface area contributed by atoms with Crippen molar-refractivity contribution in [2.45, 2.75) is 32.5 Å². The molecule has 0 bridgehead atoms. The lowest BCUT2D eigenvalue weighted by atomic mass is 10.1. The van der Waals surface area contributed by atoms with Crippen molar-refractivity contribution < 1.29 is 22.7 Å². The van der Waals surface area contributed by atoms with Gasteiger partial charge in [-0.2, -0.15) is 13.2 Å². The minimum Gasteiger partial charge on any atom is -0.379 e. The lowest BCUT2D eigenvalue weighted by molar-refractivity contribution is -0.144. The molecule has 0 aliphatic carbocycles. The highest BCUT2D eigenvalue weighted by molar-refractivity contribution is 5.95. The fourth-order valence-corrected chi connectivity index (χ4v) is 2.73. The van der Waals surface area contributed by atoms with E-state index >= 15 is 0 Å². The predicted molar refractivity (Wildman–Crippen MR) is 82.2 cm³/mol. The Kier molecular flexibility index (Phi) is 6.17. The number of morpholine rings is 1. The molecule has 1 aliphatic rings. The molecule has 0 unspecified atom stereocenters. The van der Waals surface area contributed by atoms with Crippen LogP contribution >= 0.6 is 0 Å². The van der Waals surface area contributed by atoms with Crippen molar-refractivity contribution in [1.29, 1.82) is 0 Å². The lowest BCUT2D eigenvalue weighted by Crippen LogP contribution is -2.38. The molecule has 1 aliphatic heterocycles. The number of rotatable bonds is 6. The largest absolute Gasteiger partial charge is 0.431 e. The number of aromatic nitrogens is 1. The zero-order valence-corrected chi connectivity index (χ0v) is 13.6. The second-order valence-corrected chi connectivity index (χ2v) is 5.67. The zero-order chi connectivity index (χ0) is 17.7. The second kappa shape index (κ2) is 7.94. The van der Waals surface area contributed by atoms with Gasteiger partial charge >= 0.3 is 6.18 Å². The number of hydrogen-bond acceptors (Lipinski definition) is 4. The summed E-state index contributed by atoms with van der Waals surface area (Å²) in [5.74, 6) is -0.448. The molecule has 1 fully saturated rings. The van der Waals surface area contributed by atoms with Crippen LogP contribution in [-0.2, 0) is 17.5 Å². The van der Waals surface area contributed by atoms with Gasteiger partial charge < -0.3 is 9.30 Å². The molecule has 134 valence electrons. The number of halogens is 3. The molecule has 0 radical (unpaired) electrons. The number of alkyl halides is 3. The van der Waals surface area contributed by atoms with E-state index in [0.717, 1.165) is 25.2 Å². The molecule has 2 heterocycles. The fourth-order valence-electron chi connectivity index (χ4n) is 2.73. The maximum Gasteiger partial charge on any atom is 0.431 e. The van der Waals surface area contributed by atoms with Crippen molar-refractivity contribution in [3.8, 4) is 0 Å². The normalized spacial score (nSPS) is 16.3. The van der Waals surface area contributed by atoms with E-state index in [9.17, 15) is 22.8 Å². The van der Waals surface area contributed by atoms with E-state index in [1.807, 2.05) is 0 Å². The molecule has 1 saturated heterocycles. The van der Waals surface area contributed by atoms with Crippen LogP contribution in [-0.4, -0.2) is 48.1 Å². The number of nitrogens with zero attached hydrogens (tertiary/aromatic N) is 2. The van der Waals surface area contributed by atoms with Crippen molar-refractivity contribution in [2.75, 3.05) is 32.8 Å². The van der Waals surface area contributed by atoms with Gasteiger partial charge in [-0.25, -0.2) is 0 Å². The number of ether oxygens (including phenoxy) is 1. The van der Waals surface area contributed by atoms with Gasteiger partial charge in [-0.15, -0.1) is 0 Å². The van der Waals surface area contributed by atoms with Crippen LogP contribution in [0.2, 0.25) is 0 Å². The Balaban J connectivity index is 2.20. The summed E-state index contributed by atoms with van der Waals surface area (Å²) in [5, 5.41) is 0. The maximum atomic E-state index is 13.2. The van der Waals surface area contributed by atoms with E-state index < -0.39 is 23.2 Å². The Labute approximate surface area is 138 Å². The molecule has 0 spiro atoms. The summed E-state index contributed by atoms with van der Waals surface area (Å²) in [6, 6.07) is 1.80. The van der Waals surface area contributed by atoms with Gasteiger partial charge in [-0.05, 0) is 18.6 Å². The highest BCUT2D eigenvalue weighted by Crippen LogP contribution is 2.28. The molecule has 2 rings (SSSR count). The Morgan fingerprint density at radius 3 is 2.46 bits per heavy atom. The molecule has 24 heavy (non-hydrogen) atoms. The van der Waals surface area contributed by atoms with Gasteiger partial charge in [0.05, 0.1) is 18.8 Å². The van der Waals surface area contributed by atoms with Crippen LogP contribution in [0.5, 0.6) is 0 Å². The van der Waals surface area contributed by atoms with Gasteiger partial charge in [-0.3, -0.25) is 14.5 Å². The first-order chi connectivity index (χ1) is 11.3. The van der Waals surface area contributed by atoms with Gasteiger partial charge in [0.2, 0.25) is 0 Å².